The first-order valence-electron chi connectivity index (χ1n) is 8.22. The van der Waals surface area contributed by atoms with Gasteiger partial charge in [0.25, 0.3) is 0 Å². The van der Waals surface area contributed by atoms with Gasteiger partial charge in [-0.15, -0.1) is 0 Å². The number of hydrogen-bond acceptors (Lipinski definition) is 0. The van der Waals surface area contributed by atoms with Gasteiger partial charge >= 0.3 is 0 Å². The van der Waals surface area contributed by atoms with E-state index in [1.165, 1.54) is 57.8 Å². The minimum atomic E-state index is -0.613. The van der Waals surface area contributed by atoms with Crippen molar-refractivity contribution in [3.8, 4) is 0 Å². The summed E-state index contributed by atoms with van der Waals surface area (Å²) in [7, 11) is 0. The second kappa shape index (κ2) is 8.17. The van der Waals surface area contributed by atoms with Gasteiger partial charge in [0.1, 0.15) is 0 Å². The van der Waals surface area contributed by atoms with Crippen LogP contribution in [-0.4, -0.2) is 6.17 Å². The first kappa shape index (κ1) is 16.0. The highest BCUT2D eigenvalue weighted by Crippen LogP contribution is 2.43. The molecule has 2 unspecified atom stereocenters. The number of alkyl halides is 1. The molecule has 0 aromatic carbocycles. The molecule has 1 saturated carbocycles. The summed E-state index contributed by atoms with van der Waals surface area (Å²) in [6.45, 7) is 6.41. The first-order chi connectivity index (χ1) is 8.58. The molecular formula is C17H33F. The van der Waals surface area contributed by atoms with Gasteiger partial charge in [0.2, 0.25) is 0 Å². The van der Waals surface area contributed by atoms with Crippen molar-refractivity contribution < 1.29 is 4.39 Å². The summed E-state index contributed by atoms with van der Waals surface area (Å²) in [5.74, 6) is 0.786. The monoisotopic (exact) mass is 256 g/mol. The van der Waals surface area contributed by atoms with Gasteiger partial charge in [0.05, 0.1) is 6.17 Å². The molecule has 0 nitrogen and oxygen atoms in total. The van der Waals surface area contributed by atoms with Crippen LogP contribution in [0.4, 0.5) is 4.39 Å². The van der Waals surface area contributed by atoms with Gasteiger partial charge in [-0.2, -0.15) is 0 Å². The average Bonchev–Trinajstić information content (AvgIpc) is 2.37. The van der Waals surface area contributed by atoms with Crippen molar-refractivity contribution in [2.24, 2.45) is 11.3 Å². The molecule has 0 aromatic rings. The summed E-state index contributed by atoms with van der Waals surface area (Å²) in [5.41, 5.74) is 0.667. The van der Waals surface area contributed by atoms with Crippen LogP contribution in [0, 0.1) is 11.3 Å². The van der Waals surface area contributed by atoms with Gasteiger partial charge < -0.3 is 0 Å². The van der Waals surface area contributed by atoms with E-state index in [9.17, 15) is 4.39 Å². The molecule has 108 valence electrons. The van der Waals surface area contributed by atoms with E-state index in [0.717, 1.165) is 18.8 Å². The zero-order valence-electron chi connectivity index (χ0n) is 12.8. The molecule has 0 heterocycles. The van der Waals surface area contributed by atoms with Gasteiger partial charge in [-0.05, 0) is 43.9 Å². The van der Waals surface area contributed by atoms with Crippen LogP contribution in [-0.2, 0) is 0 Å². The molecule has 2 atom stereocenters. The Morgan fingerprint density at radius 1 is 1.00 bits per heavy atom. The third-order valence-corrected chi connectivity index (χ3v) is 5.13. The molecule has 0 aliphatic heterocycles. The van der Waals surface area contributed by atoms with E-state index in [1.807, 2.05) is 0 Å². The highest BCUT2D eigenvalue weighted by molar-refractivity contribution is 4.82. The summed E-state index contributed by atoms with van der Waals surface area (Å²) in [5, 5.41) is 0. The smallest absolute Gasteiger partial charge is 0.0973 e. The Labute approximate surface area is 114 Å². The SMILES string of the molecule is CCC1(CCC(C)CCCC(C)F)CCCCC1. The molecule has 0 aromatic heterocycles. The molecule has 0 spiro atoms. The van der Waals surface area contributed by atoms with Crippen LogP contribution in [0.5, 0.6) is 0 Å². The number of hydrogen-bond donors (Lipinski definition) is 0. The van der Waals surface area contributed by atoms with E-state index >= 15 is 0 Å². The minimum Gasteiger partial charge on any atom is -0.248 e. The van der Waals surface area contributed by atoms with Gasteiger partial charge in [0.15, 0.2) is 0 Å². The molecular weight excluding hydrogens is 223 g/mol. The molecule has 1 rings (SSSR count). The second-order valence-corrected chi connectivity index (χ2v) is 6.77. The van der Waals surface area contributed by atoms with E-state index < -0.39 is 6.17 Å². The lowest BCUT2D eigenvalue weighted by Gasteiger charge is -2.37. The minimum absolute atomic E-state index is 0.613. The van der Waals surface area contributed by atoms with E-state index in [1.54, 1.807) is 6.92 Å². The van der Waals surface area contributed by atoms with Crippen LogP contribution in [0.2, 0.25) is 0 Å². The van der Waals surface area contributed by atoms with E-state index in [4.69, 9.17) is 0 Å². The predicted octanol–water partition coefficient (Wildman–Crippen LogP) is 6.29. The molecule has 0 N–H and O–H groups in total. The Balaban J connectivity index is 2.20. The Kier molecular flexibility index (Phi) is 7.26. The fraction of sp³-hybridized carbons (Fsp3) is 1.00. The third kappa shape index (κ3) is 5.71. The fourth-order valence-electron chi connectivity index (χ4n) is 3.53. The van der Waals surface area contributed by atoms with Gasteiger partial charge in [0, 0.05) is 0 Å². The molecule has 18 heavy (non-hydrogen) atoms. The molecule has 0 bridgehead atoms. The number of rotatable bonds is 8. The zero-order valence-corrected chi connectivity index (χ0v) is 12.8. The van der Waals surface area contributed by atoms with Crippen molar-refractivity contribution in [3.05, 3.63) is 0 Å². The molecule has 0 radical (unpaired) electrons. The summed E-state index contributed by atoms with van der Waals surface area (Å²) < 4.78 is 12.7. The van der Waals surface area contributed by atoms with Crippen molar-refractivity contribution in [1.82, 2.24) is 0 Å². The maximum Gasteiger partial charge on any atom is 0.0973 e. The summed E-state index contributed by atoms with van der Waals surface area (Å²) in [6.07, 6.45) is 13.8. The maximum absolute atomic E-state index is 12.7. The fourth-order valence-corrected chi connectivity index (χ4v) is 3.53. The second-order valence-electron chi connectivity index (χ2n) is 6.77. The average molecular weight is 256 g/mol. The van der Waals surface area contributed by atoms with Crippen molar-refractivity contribution in [2.45, 2.75) is 97.6 Å². The normalized spacial score (nSPS) is 22.7. The standard InChI is InChI=1S/C17H33F/c1-4-17(12-6-5-7-13-17)14-11-15(2)9-8-10-16(3)18/h15-16H,4-14H2,1-3H3. The van der Waals surface area contributed by atoms with Crippen molar-refractivity contribution in [1.29, 1.82) is 0 Å². The first-order valence-corrected chi connectivity index (χ1v) is 8.22. The molecule has 0 amide bonds. The topological polar surface area (TPSA) is 0 Å². The Morgan fingerprint density at radius 3 is 2.22 bits per heavy atom. The van der Waals surface area contributed by atoms with Crippen LogP contribution in [0.1, 0.15) is 91.4 Å². The highest BCUT2D eigenvalue weighted by atomic mass is 19.1. The summed E-state index contributed by atoms with van der Waals surface area (Å²) in [6, 6.07) is 0. The maximum atomic E-state index is 12.7. The molecule has 0 saturated heterocycles. The zero-order chi connectivity index (χ0) is 13.4. The lowest BCUT2D eigenvalue weighted by atomic mass is 9.68. The van der Waals surface area contributed by atoms with Crippen LogP contribution >= 0.6 is 0 Å². The van der Waals surface area contributed by atoms with Gasteiger partial charge in [-0.1, -0.05) is 58.8 Å². The quantitative estimate of drug-likeness (QED) is 0.478. The van der Waals surface area contributed by atoms with Crippen LogP contribution in [0.3, 0.4) is 0 Å². The highest BCUT2D eigenvalue weighted by Gasteiger charge is 2.29. The summed E-state index contributed by atoms with van der Waals surface area (Å²) >= 11 is 0. The van der Waals surface area contributed by atoms with Crippen LogP contribution < -0.4 is 0 Å². The van der Waals surface area contributed by atoms with Crippen LogP contribution in [0.25, 0.3) is 0 Å². The summed E-state index contributed by atoms with van der Waals surface area (Å²) in [4.78, 5) is 0. The lowest BCUT2D eigenvalue weighted by Crippen LogP contribution is -2.24. The van der Waals surface area contributed by atoms with E-state index in [2.05, 4.69) is 13.8 Å². The van der Waals surface area contributed by atoms with Gasteiger partial charge in [-0.25, -0.2) is 4.39 Å². The van der Waals surface area contributed by atoms with Crippen LogP contribution in [0.15, 0.2) is 0 Å². The number of halogens is 1. The van der Waals surface area contributed by atoms with E-state index in [0.29, 0.717) is 5.41 Å². The molecule has 1 aliphatic rings. The van der Waals surface area contributed by atoms with Gasteiger partial charge in [-0.3, -0.25) is 0 Å². The molecule has 1 aliphatic carbocycles. The lowest BCUT2D eigenvalue weighted by molar-refractivity contribution is 0.150. The Hall–Kier alpha value is -0.0700. The van der Waals surface area contributed by atoms with Crippen molar-refractivity contribution in [3.63, 3.8) is 0 Å². The van der Waals surface area contributed by atoms with Crippen molar-refractivity contribution >= 4 is 0 Å². The molecule has 1 heteroatoms. The Morgan fingerprint density at radius 2 is 1.67 bits per heavy atom. The third-order valence-electron chi connectivity index (χ3n) is 5.13. The van der Waals surface area contributed by atoms with Crippen molar-refractivity contribution in [2.75, 3.05) is 0 Å². The molecule has 1 fully saturated rings. The van der Waals surface area contributed by atoms with E-state index in [-0.39, 0.29) is 0 Å². The Bertz CT molecular complexity index is 204. The predicted molar refractivity (Wildman–Crippen MR) is 78.6 cm³/mol. The largest absolute Gasteiger partial charge is 0.248 e.